The normalized spacial score (nSPS) is 16.7. The second kappa shape index (κ2) is 7.56. The number of hydrogen-bond donors (Lipinski definition) is 1. The average molecular weight is 351 g/mol. The van der Waals surface area contributed by atoms with Crippen LogP contribution in [0.4, 0.5) is 11.4 Å². The van der Waals surface area contributed by atoms with E-state index in [9.17, 15) is 9.59 Å². The second-order valence-electron chi connectivity index (χ2n) is 5.44. The molecule has 0 spiro atoms. The summed E-state index contributed by atoms with van der Waals surface area (Å²) >= 11 is 0. The number of hydrogen-bond acceptors (Lipinski definition) is 6. The van der Waals surface area contributed by atoms with Crippen LogP contribution in [0.3, 0.4) is 0 Å². The van der Waals surface area contributed by atoms with Crippen molar-refractivity contribution in [3.63, 3.8) is 0 Å². The molecule has 2 aromatic rings. The van der Waals surface area contributed by atoms with Crippen molar-refractivity contribution in [3.05, 3.63) is 54.6 Å². The molecular weight excluding hydrogens is 334 g/mol. The molecular formula is C18H17N5O3. The predicted molar refractivity (Wildman–Crippen MR) is 96.5 cm³/mol. The number of methoxy groups -OCH3 is 1. The Hall–Kier alpha value is -3.55. The zero-order valence-electron chi connectivity index (χ0n) is 14.3. The standard InChI is InChI=1S/C18H17N5O3/c1-12(24)19-17-16(21-20-14-10-6-7-11-15(14)26-2)18(25)23(22-17)13-8-4-3-5-9-13/h3-11,16H,1-2H3,(H,19,22,24)/t16-/m1/s1. The smallest absolute Gasteiger partial charge is 0.282 e. The van der Waals surface area contributed by atoms with E-state index >= 15 is 0 Å². The van der Waals surface area contributed by atoms with Crippen LogP contribution in [0, 0.1) is 0 Å². The van der Waals surface area contributed by atoms with Crippen molar-refractivity contribution in [2.45, 2.75) is 13.0 Å². The Kier molecular flexibility index (Phi) is 5.02. The maximum absolute atomic E-state index is 12.7. The van der Waals surface area contributed by atoms with E-state index in [4.69, 9.17) is 4.74 Å². The van der Waals surface area contributed by atoms with Crippen molar-refractivity contribution in [2.24, 2.45) is 15.3 Å². The first-order valence-electron chi connectivity index (χ1n) is 7.89. The number of ether oxygens (including phenoxy) is 1. The van der Waals surface area contributed by atoms with E-state index in [1.54, 1.807) is 48.5 Å². The Labute approximate surface area is 150 Å². The Balaban J connectivity index is 1.91. The van der Waals surface area contributed by atoms with E-state index < -0.39 is 11.9 Å². The van der Waals surface area contributed by atoms with Gasteiger partial charge in [0.15, 0.2) is 5.84 Å². The lowest BCUT2D eigenvalue weighted by molar-refractivity contribution is -0.117. The number of amides is 2. The zero-order valence-corrected chi connectivity index (χ0v) is 14.3. The van der Waals surface area contributed by atoms with Gasteiger partial charge in [0.25, 0.3) is 5.91 Å². The zero-order chi connectivity index (χ0) is 18.5. The fraction of sp³-hybridized carbons (Fsp3) is 0.167. The molecule has 0 bridgehead atoms. The van der Waals surface area contributed by atoms with Crippen LogP contribution in [0.1, 0.15) is 6.92 Å². The highest BCUT2D eigenvalue weighted by Gasteiger charge is 2.38. The molecule has 1 atom stereocenters. The van der Waals surface area contributed by atoms with Gasteiger partial charge in [0, 0.05) is 6.92 Å². The minimum atomic E-state index is -1.04. The number of nitrogens with one attached hydrogen (secondary N) is 1. The SMILES string of the molecule is COc1ccccc1N=N[C@H]1C(=O)N(c2ccccc2)N=C1NC(C)=O. The number of amidine groups is 1. The molecule has 1 aliphatic rings. The number of nitrogens with zero attached hydrogens (tertiary/aromatic N) is 4. The van der Waals surface area contributed by atoms with E-state index in [-0.39, 0.29) is 11.7 Å². The third-order valence-corrected chi connectivity index (χ3v) is 3.58. The fourth-order valence-electron chi connectivity index (χ4n) is 2.41. The Morgan fingerprint density at radius 1 is 1.15 bits per heavy atom. The van der Waals surface area contributed by atoms with Crippen LogP contribution >= 0.6 is 0 Å². The molecule has 0 saturated carbocycles. The third kappa shape index (κ3) is 3.59. The molecule has 1 aliphatic heterocycles. The summed E-state index contributed by atoms with van der Waals surface area (Å²) in [5.41, 5.74) is 1.05. The minimum absolute atomic E-state index is 0.130. The van der Waals surface area contributed by atoms with Gasteiger partial charge in [-0.25, -0.2) is 0 Å². The Morgan fingerprint density at radius 3 is 2.54 bits per heavy atom. The van der Waals surface area contributed by atoms with E-state index in [1.165, 1.54) is 19.0 Å². The predicted octanol–water partition coefficient (Wildman–Crippen LogP) is 2.64. The molecule has 1 N–H and O–H groups in total. The van der Waals surface area contributed by atoms with Crippen LogP contribution in [0.5, 0.6) is 5.75 Å². The van der Waals surface area contributed by atoms with E-state index in [1.807, 2.05) is 6.07 Å². The first-order valence-corrected chi connectivity index (χ1v) is 7.89. The monoisotopic (exact) mass is 351 g/mol. The van der Waals surface area contributed by atoms with Crippen molar-refractivity contribution >= 4 is 29.0 Å². The van der Waals surface area contributed by atoms with Gasteiger partial charge in [0.2, 0.25) is 11.9 Å². The molecule has 26 heavy (non-hydrogen) atoms. The molecule has 2 aromatic carbocycles. The number of anilines is 1. The highest BCUT2D eigenvalue weighted by atomic mass is 16.5. The van der Waals surface area contributed by atoms with Crippen molar-refractivity contribution in [1.29, 1.82) is 0 Å². The topological polar surface area (TPSA) is 95.7 Å². The van der Waals surface area contributed by atoms with Crippen LogP contribution in [0.25, 0.3) is 0 Å². The van der Waals surface area contributed by atoms with Crippen LogP contribution in [-0.2, 0) is 9.59 Å². The molecule has 1 heterocycles. The third-order valence-electron chi connectivity index (χ3n) is 3.58. The van der Waals surface area contributed by atoms with Gasteiger partial charge in [-0.3, -0.25) is 9.59 Å². The number of para-hydroxylation sites is 2. The molecule has 8 nitrogen and oxygen atoms in total. The number of hydrazone groups is 1. The summed E-state index contributed by atoms with van der Waals surface area (Å²) < 4.78 is 5.22. The first kappa shape index (κ1) is 17.3. The maximum atomic E-state index is 12.7. The molecule has 2 amide bonds. The van der Waals surface area contributed by atoms with Crippen molar-refractivity contribution in [3.8, 4) is 5.75 Å². The summed E-state index contributed by atoms with van der Waals surface area (Å²) in [6.07, 6.45) is 0. The number of rotatable bonds is 4. The summed E-state index contributed by atoms with van der Waals surface area (Å²) in [4.78, 5) is 24.2. The lowest BCUT2D eigenvalue weighted by Crippen LogP contribution is -2.38. The number of azo groups is 1. The summed E-state index contributed by atoms with van der Waals surface area (Å²) in [5.74, 6) is -0.0906. The molecule has 0 unspecified atom stereocenters. The van der Waals surface area contributed by atoms with Gasteiger partial charge >= 0.3 is 0 Å². The van der Waals surface area contributed by atoms with Gasteiger partial charge < -0.3 is 10.1 Å². The van der Waals surface area contributed by atoms with Crippen LogP contribution in [0.2, 0.25) is 0 Å². The number of carbonyl (C=O) groups is 2. The molecule has 3 rings (SSSR count). The van der Waals surface area contributed by atoms with Gasteiger partial charge in [0.1, 0.15) is 11.4 Å². The van der Waals surface area contributed by atoms with Gasteiger partial charge in [-0.2, -0.15) is 15.2 Å². The summed E-state index contributed by atoms with van der Waals surface area (Å²) in [6.45, 7) is 1.34. The van der Waals surface area contributed by atoms with Gasteiger partial charge in [0.05, 0.1) is 12.8 Å². The van der Waals surface area contributed by atoms with Crippen LogP contribution in [-0.4, -0.2) is 30.8 Å². The lowest BCUT2D eigenvalue weighted by Gasteiger charge is -2.11. The first-order chi connectivity index (χ1) is 12.6. The number of benzene rings is 2. The van der Waals surface area contributed by atoms with E-state index in [2.05, 4.69) is 20.6 Å². The van der Waals surface area contributed by atoms with Crippen molar-refractivity contribution in [1.82, 2.24) is 5.32 Å². The van der Waals surface area contributed by atoms with Gasteiger partial charge in [-0.1, -0.05) is 30.3 Å². The second-order valence-corrected chi connectivity index (χ2v) is 5.44. The highest BCUT2D eigenvalue weighted by Crippen LogP contribution is 2.28. The quantitative estimate of drug-likeness (QED) is 0.858. The largest absolute Gasteiger partial charge is 0.494 e. The fourth-order valence-corrected chi connectivity index (χ4v) is 2.41. The number of carbonyl (C=O) groups excluding carboxylic acids is 2. The van der Waals surface area contributed by atoms with E-state index in [0.717, 1.165) is 0 Å². The molecule has 0 aromatic heterocycles. The highest BCUT2D eigenvalue weighted by molar-refractivity contribution is 6.21. The van der Waals surface area contributed by atoms with Gasteiger partial charge in [-0.15, -0.1) is 5.10 Å². The molecule has 0 aliphatic carbocycles. The summed E-state index contributed by atoms with van der Waals surface area (Å²) in [6, 6.07) is 14.9. The van der Waals surface area contributed by atoms with Crippen LogP contribution in [0.15, 0.2) is 69.9 Å². The van der Waals surface area contributed by atoms with Crippen molar-refractivity contribution in [2.75, 3.05) is 12.1 Å². The maximum Gasteiger partial charge on any atom is 0.282 e. The Bertz CT molecular complexity index is 879. The van der Waals surface area contributed by atoms with Crippen molar-refractivity contribution < 1.29 is 14.3 Å². The molecule has 0 saturated heterocycles. The molecule has 8 heteroatoms. The Morgan fingerprint density at radius 2 is 1.85 bits per heavy atom. The van der Waals surface area contributed by atoms with Crippen LogP contribution < -0.4 is 15.1 Å². The lowest BCUT2D eigenvalue weighted by atomic mass is 10.2. The molecule has 132 valence electrons. The van der Waals surface area contributed by atoms with E-state index in [0.29, 0.717) is 17.1 Å². The van der Waals surface area contributed by atoms with Gasteiger partial charge in [-0.05, 0) is 24.3 Å². The molecule has 0 radical (unpaired) electrons. The minimum Gasteiger partial charge on any atom is -0.494 e. The average Bonchev–Trinajstić information content (AvgIpc) is 2.95. The summed E-state index contributed by atoms with van der Waals surface area (Å²) in [7, 11) is 1.52. The molecule has 0 fully saturated rings. The summed E-state index contributed by atoms with van der Waals surface area (Å²) in [5, 5.41) is 16.2.